The van der Waals surface area contributed by atoms with E-state index in [0.717, 1.165) is 16.3 Å². The largest absolute Gasteiger partial charge is 0.431 e. The summed E-state index contributed by atoms with van der Waals surface area (Å²) < 4.78 is 5.76. The molecule has 0 saturated heterocycles. The molecular formula is C18H27NOS2. The quantitative estimate of drug-likeness (QED) is 0.325. The van der Waals surface area contributed by atoms with Crippen LogP contribution in [0.2, 0.25) is 0 Å². The third-order valence-electron chi connectivity index (χ3n) is 3.81. The van der Waals surface area contributed by atoms with Crippen molar-refractivity contribution in [2.24, 2.45) is 0 Å². The lowest BCUT2D eigenvalue weighted by Crippen LogP contribution is -1.82. The predicted octanol–water partition coefficient (Wildman–Crippen LogP) is 7.02. The van der Waals surface area contributed by atoms with Crippen LogP contribution in [0.5, 0.6) is 0 Å². The maximum atomic E-state index is 5.76. The molecule has 0 aliphatic rings. The van der Waals surface area contributed by atoms with E-state index in [0.29, 0.717) is 0 Å². The molecule has 0 atom stereocenters. The van der Waals surface area contributed by atoms with Gasteiger partial charge in [-0.05, 0) is 25.0 Å². The Morgan fingerprint density at radius 1 is 1.00 bits per heavy atom. The maximum Gasteiger partial charge on any atom is 0.267 e. The summed E-state index contributed by atoms with van der Waals surface area (Å²) in [6.07, 6.45) is 11.0. The molecule has 0 spiro atoms. The minimum atomic E-state index is 0.786. The normalized spacial score (nSPS) is 11.4. The first kappa shape index (κ1) is 17.7. The highest BCUT2D eigenvalue weighted by atomic mass is 33.1. The van der Waals surface area contributed by atoms with E-state index in [-0.39, 0.29) is 0 Å². The first-order valence-corrected chi connectivity index (χ1v) is 10.8. The number of benzene rings is 1. The summed E-state index contributed by atoms with van der Waals surface area (Å²) in [6.45, 7) is 4.35. The fourth-order valence-electron chi connectivity index (χ4n) is 2.49. The van der Waals surface area contributed by atoms with Crippen LogP contribution in [-0.4, -0.2) is 10.7 Å². The molecule has 2 rings (SSSR count). The van der Waals surface area contributed by atoms with E-state index in [1.807, 2.05) is 22.9 Å². The average Bonchev–Trinajstić information content (AvgIpc) is 2.94. The Morgan fingerprint density at radius 2 is 1.73 bits per heavy atom. The molecule has 0 unspecified atom stereocenters. The number of fused-ring (bicyclic) bond motifs is 1. The van der Waals surface area contributed by atoms with Gasteiger partial charge < -0.3 is 4.42 Å². The summed E-state index contributed by atoms with van der Waals surface area (Å²) in [6, 6.07) is 6.08. The summed E-state index contributed by atoms with van der Waals surface area (Å²) >= 11 is 0. The topological polar surface area (TPSA) is 26.0 Å². The second-order valence-electron chi connectivity index (χ2n) is 5.78. The molecule has 1 aromatic heterocycles. The highest BCUT2D eigenvalue weighted by Gasteiger charge is 2.08. The number of rotatable bonds is 11. The van der Waals surface area contributed by atoms with Gasteiger partial charge in [0.25, 0.3) is 5.22 Å². The number of aromatic nitrogens is 1. The van der Waals surface area contributed by atoms with Crippen LogP contribution in [0.15, 0.2) is 27.8 Å². The van der Waals surface area contributed by atoms with Crippen molar-refractivity contribution in [3.8, 4) is 0 Å². The smallest absolute Gasteiger partial charge is 0.267 e. The zero-order valence-electron chi connectivity index (χ0n) is 13.8. The summed E-state index contributed by atoms with van der Waals surface area (Å²) in [4.78, 5) is 4.56. The molecule has 1 heterocycles. The molecular weight excluding hydrogens is 310 g/mol. The van der Waals surface area contributed by atoms with Gasteiger partial charge in [-0.25, -0.2) is 4.98 Å². The van der Waals surface area contributed by atoms with Gasteiger partial charge in [0, 0.05) is 16.5 Å². The molecule has 1 aromatic carbocycles. The van der Waals surface area contributed by atoms with Gasteiger partial charge in [0.2, 0.25) is 0 Å². The van der Waals surface area contributed by atoms with Gasteiger partial charge in [-0.15, -0.1) is 0 Å². The van der Waals surface area contributed by atoms with E-state index in [2.05, 4.69) is 24.9 Å². The van der Waals surface area contributed by atoms with Gasteiger partial charge >= 0.3 is 0 Å². The Bertz CT molecular complexity index is 553. The second kappa shape index (κ2) is 10.2. The average molecular weight is 338 g/mol. The first-order valence-electron chi connectivity index (χ1n) is 8.47. The first-order chi connectivity index (χ1) is 10.8. The number of nitrogens with zero attached hydrogens (tertiary/aromatic N) is 1. The molecule has 0 radical (unpaired) electrons. The van der Waals surface area contributed by atoms with Crippen LogP contribution in [0, 0.1) is 6.92 Å². The van der Waals surface area contributed by atoms with Crippen molar-refractivity contribution < 1.29 is 4.42 Å². The molecule has 0 bridgehead atoms. The maximum absolute atomic E-state index is 5.76. The lowest BCUT2D eigenvalue weighted by Gasteiger charge is -2.00. The highest BCUT2D eigenvalue weighted by Crippen LogP contribution is 2.33. The van der Waals surface area contributed by atoms with E-state index in [9.17, 15) is 0 Å². The van der Waals surface area contributed by atoms with Crippen LogP contribution in [0.3, 0.4) is 0 Å². The number of oxazole rings is 1. The van der Waals surface area contributed by atoms with Crippen molar-refractivity contribution in [1.29, 1.82) is 0 Å². The second-order valence-corrected chi connectivity index (χ2v) is 8.15. The molecule has 4 heteroatoms. The lowest BCUT2D eigenvalue weighted by atomic mass is 10.1. The molecule has 0 N–H and O–H groups in total. The number of unbranched alkanes of at least 4 members (excludes halogenated alkanes) is 7. The molecule has 0 fully saturated rings. The monoisotopic (exact) mass is 337 g/mol. The van der Waals surface area contributed by atoms with Gasteiger partial charge in [0.05, 0.1) is 0 Å². The van der Waals surface area contributed by atoms with E-state index >= 15 is 0 Å². The minimum absolute atomic E-state index is 0.786. The predicted molar refractivity (Wildman–Crippen MR) is 99.7 cm³/mol. The summed E-state index contributed by atoms with van der Waals surface area (Å²) in [5.41, 5.74) is 3.08. The van der Waals surface area contributed by atoms with E-state index in [1.165, 1.54) is 62.7 Å². The van der Waals surface area contributed by atoms with Gasteiger partial charge in [0.15, 0.2) is 5.58 Å². The highest BCUT2D eigenvalue weighted by molar-refractivity contribution is 8.76. The fourth-order valence-corrected chi connectivity index (χ4v) is 4.37. The Kier molecular flexibility index (Phi) is 8.24. The summed E-state index contributed by atoms with van der Waals surface area (Å²) in [7, 11) is 3.53. The molecule has 0 saturated carbocycles. The van der Waals surface area contributed by atoms with Crippen molar-refractivity contribution in [3.63, 3.8) is 0 Å². The van der Waals surface area contributed by atoms with Crippen molar-refractivity contribution in [2.45, 2.75) is 70.4 Å². The van der Waals surface area contributed by atoms with Gasteiger partial charge in [0.1, 0.15) is 5.52 Å². The van der Waals surface area contributed by atoms with Crippen molar-refractivity contribution >= 4 is 32.7 Å². The van der Waals surface area contributed by atoms with Crippen molar-refractivity contribution in [2.75, 3.05) is 5.75 Å². The zero-order chi connectivity index (χ0) is 15.6. The molecule has 122 valence electrons. The molecule has 22 heavy (non-hydrogen) atoms. The van der Waals surface area contributed by atoms with E-state index in [1.54, 1.807) is 10.8 Å². The van der Waals surface area contributed by atoms with E-state index < -0.39 is 0 Å². The molecule has 2 nitrogen and oxygen atoms in total. The Labute approximate surface area is 142 Å². The molecule has 0 aliphatic heterocycles. The van der Waals surface area contributed by atoms with Crippen molar-refractivity contribution in [1.82, 2.24) is 4.98 Å². The fraction of sp³-hybridized carbons (Fsp3) is 0.611. The third kappa shape index (κ3) is 5.88. The lowest BCUT2D eigenvalue weighted by molar-refractivity contribution is 0.491. The standard InChI is InChI=1S/C18H27NOS2/c1-3-4-5-6-7-8-9-10-14-21-22-18-19-17-15(2)12-11-13-16(17)20-18/h11-13H,3-10,14H2,1-2H3. The van der Waals surface area contributed by atoms with Gasteiger partial charge in [-0.3, -0.25) is 0 Å². The van der Waals surface area contributed by atoms with Gasteiger partial charge in [-0.2, -0.15) is 0 Å². The van der Waals surface area contributed by atoms with Crippen LogP contribution >= 0.6 is 21.6 Å². The molecule has 0 amide bonds. The number of hydrogen-bond donors (Lipinski definition) is 0. The Morgan fingerprint density at radius 3 is 2.45 bits per heavy atom. The van der Waals surface area contributed by atoms with Crippen LogP contribution in [0.4, 0.5) is 0 Å². The number of aryl methyl sites for hydroxylation is 1. The van der Waals surface area contributed by atoms with E-state index in [4.69, 9.17) is 4.42 Å². The minimum Gasteiger partial charge on any atom is -0.431 e. The van der Waals surface area contributed by atoms with Crippen molar-refractivity contribution in [3.05, 3.63) is 23.8 Å². The van der Waals surface area contributed by atoms with Crippen LogP contribution < -0.4 is 0 Å². The summed E-state index contributed by atoms with van der Waals surface area (Å²) in [5, 5.41) is 0.786. The van der Waals surface area contributed by atoms with Gasteiger partial charge in [-0.1, -0.05) is 74.8 Å². The molecule has 0 aliphatic carbocycles. The Balaban J connectivity index is 1.56. The summed E-state index contributed by atoms with van der Waals surface area (Å²) in [5.74, 6) is 1.18. The Hall–Kier alpha value is -0.610. The number of para-hydroxylation sites is 1. The molecule has 2 aromatic rings. The number of hydrogen-bond acceptors (Lipinski definition) is 4. The van der Waals surface area contributed by atoms with Crippen LogP contribution in [0.1, 0.15) is 63.9 Å². The van der Waals surface area contributed by atoms with Crippen LogP contribution in [0.25, 0.3) is 11.1 Å². The van der Waals surface area contributed by atoms with Crippen LogP contribution in [-0.2, 0) is 0 Å². The SMILES string of the molecule is CCCCCCCCCCSSc1nc2c(C)cccc2o1. The third-order valence-corrected chi connectivity index (χ3v) is 5.98. The zero-order valence-corrected chi connectivity index (χ0v) is 15.4.